The number of fused-ring (bicyclic) bond motifs is 1. The van der Waals surface area contributed by atoms with Crippen molar-refractivity contribution in [1.82, 2.24) is 15.2 Å². The van der Waals surface area contributed by atoms with Gasteiger partial charge < -0.3 is 4.90 Å². The number of imide groups is 1. The van der Waals surface area contributed by atoms with Gasteiger partial charge in [0.25, 0.3) is 0 Å². The third-order valence-corrected chi connectivity index (χ3v) is 6.29. The van der Waals surface area contributed by atoms with Crippen molar-refractivity contribution < 1.29 is 9.59 Å². The summed E-state index contributed by atoms with van der Waals surface area (Å²) in [5.41, 5.74) is 5.31. The number of carbonyl (C=O) groups is 2. The van der Waals surface area contributed by atoms with Crippen LogP contribution in [0.1, 0.15) is 11.3 Å². The second-order valence-corrected chi connectivity index (χ2v) is 8.48. The van der Waals surface area contributed by atoms with Crippen molar-refractivity contribution in [2.75, 3.05) is 49.1 Å². The molecule has 7 heteroatoms. The van der Waals surface area contributed by atoms with Crippen molar-refractivity contribution in [2.24, 2.45) is 0 Å². The van der Waals surface area contributed by atoms with Gasteiger partial charge in [0.1, 0.15) is 6.54 Å². The summed E-state index contributed by atoms with van der Waals surface area (Å²) in [5, 5.41) is 3.55. The molecule has 3 amide bonds. The molecule has 0 saturated carbocycles. The van der Waals surface area contributed by atoms with Crippen molar-refractivity contribution in [3.05, 3.63) is 65.9 Å². The number of pyridine rings is 1. The Labute approximate surface area is 187 Å². The van der Waals surface area contributed by atoms with Crippen molar-refractivity contribution >= 4 is 34.2 Å². The predicted molar refractivity (Wildman–Crippen MR) is 126 cm³/mol. The minimum Gasteiger partial charge on any atom is -0.368 e. The van der Waals surface area contributed by atoms with Crippen LogP contribution in [0.3, 0.4) is 0 Å². The minimum atomic E-state index is -0.345. The lowest BCUT2D eigenvalue weighted by molar-refractivity contribution is -0.117. The monoisotopic (exact) mass is 429 g/mol. The van der Waals surface area contributed by atoms with Crippen molar-refractivity contribution in [3.8, 4) is 0 Å². The molecule has 0 unspecified atom stereocenters. The molecule has 1 aromatic heterocycles. The van der Waals surface area contributed by atoms with Crippen LogP contribution in [0.5, 0.6) is 0 Å². The number of aryl methyl sites for hydroxylation is 1. The fourth-order valence-electron chi connectivity index (χ4n) is 4.55. The van der Waals surface area contributed by atoms with Crippen LogP contribution in [0, 0.1) is 6.92 Å². The molecule has 32 heavy (non-hydrogen) atoms. The SMILES string of the molecule is Cc1ccc2c(N3CCN(CCc4cccc(N5CC(=O)NC5=O)c4)CC3)cccc2n1. The molecule has 7 nitrogen and oxygen atoms in total. The van der Waals surface area contributed by atoms with Gasteiger partial charge in [0.2, 0.25) is 5.91 Å². The van der Waals surface area contributed by atoms with Crippen LogP contribution < -0.4 is 15.1 Å². The lowest BCUT2D eigenvalue weighted by atomic mass is 10.1. The number of nitrogens with one attached hydrogen (secondary N) is 1. The maximum Gasteiger partial charge on any atom is 0.329 e. The van der Waals surface area contributed by atoms with Crippen LogP contribution in [-0.4, -0.2) is 61.1 Å². The van der Waals surface area contributed by atoms with Crippen LogP contribution in [0.2, 0.25) is 0 Å². The molecule has 2 aromatic carbocycles. The highest BCUT2D eigenvalue weighted by atomic mass is 16.2. The lowest BCUT2D eigenvalue weighted by Gasteiger charge is -2.36. The molecule has 3 heterocycles. The Morgan fingerprint density at radius 2 is 1.78 bits per heavy atom. The molecule has 0 spiro atoms. The second kappa shape index (κ2) is 8.59. The molecule has 2 aliphatic rings. The first-order valence-electron chi connectivity index (χ1n) is 11.1. The Balaban J connectivity index is 1.19. The zero-order valence-corrected chi connectivity index (χ0v) is 18.3. The fraction of sp³-hybridized carbons (Fsp3) is 0.320. The molecule has 0 bridgehead atoms. The van der Waals surface area contributed by atoms with Gasteiger partial charge in [-0.1, -0.05) is 18.2 Å². The topological polar surface area (TPSA) is 68.8 Å². The molecule has 0 atom stereocenters. The minimum absolute atomic E-state index is 0.0908. The van der Waals surface area contributed by atoms with Crippen LogP contribution >= 0.6 is 0 Å². The number of urea groups is 1. The largest absolute Gasteiger partial charge is 0.368 e. The summed E-state index contributed by atoms with van der Waals surface area (Å²) >= 11 is 0. The number of amides is 3. The van der Waals surface area contributed by atoms with Crippen LogP contribution in [0.25, 0.3) is 10.9 Å². The number of piperazine rings is 1. The Bertz CT molecular complexity index is 1170. The van der Waals surface area contributed by atoms with Gasteiger partial charge in [0.05, 0.1) is 5.52 Å². The average molecular weight is 430 g/mol. The van der Waals surface area contributed by atoms with Gasteiger partial charge in [-0.3, -0.25) is 24.9 Å². The zero-order chi connectivity index (χ0) is 22.1. The van der Waals surface area contributed by atoms with Crippen molar-refractivity contribution in [3.63, 3.8) is 0 Å². The third kappa shape index (κ3) is 4.16. The Hall–Kier alpha value is -3.45. The predicted octanol–water partition coefficient (Wildman–Crippen LogP) is 2.96. The van der Waals surface area contributed by atoms with Gasteiger partial charge >= 0.3 is 6.03 Å². The van der Waals surface area contributed by atoms with E-state index in [1.807, 2.05) is 25.1 Å². The van der Waals surface area contributed by atoms with E-state index in [0.29, 0.717) is 0 Å². The van der Waals surface area contributed by atoms with E-state index in [4.69, 9.17) is 0 Å². The molecule has 3 aromatic rings. The number of rotatable bonds is 5. The summed E-state index contributed by atoms with van der Waals surface area (Å²) in [5.74, 6) is -0.254. The zero-order valence-electron chi connectivity index (χ0n) is 18.3. The van der Waals surface area contributed by atoms with E-state index in [2.05, 4.69) is 56.5 Å². The van der Waals surface area contributed by atoms with E-state index in [0.717, 1.165) is 56.0 Å². The number of hydrogen-bond acceptors (Lipinski definition) is 5. The summed E-state index contributed by atoms with van der Waals surface area (Å²) in [6, 6.07) is 18.2. The van der Waals surface area contributed by atoms with Crippen LogP contribution in [-0.2, 0) is 11.2 Å². The Morgan fingerprint density at radius 3 is 2.56 bits per heavy atom. The van der Waals surface area contributed by atoms with E-state index in [1.165, 1.54) is 21.5 Å². The average Bonchev–Trinajstić information content (AvgIpc) is 3.15. The summed E-state index contributed by atoms with van der Waals surface area (Å²) in [6.45, 7) is 7.09. The number of aromatic nitrogens is 1. The van der Waals surface area contributed by atoms with Gasteiger partial charge in [-0.15, -0.1) is 0 Å². The maximum atomic E-state index is 11.9. The first-order chi connectivity index (χ1) is 15.6. The van der Waals surface area contributed by atoms with Crippen molar-refractivity contribution in [2.45, 2.75) is 13.3 Å². The molecule has 2 saturated heterocycles. The van der Waals surface area contributed by atoms with Crippen LogP contribution in [0.15, 0.2) is 54.6 Å². The van der Waals surface area contributed by atoms with Gasteiger partial charge in [-0.25, -0.2) is 4.79 Å². The summed E-state index contributed by atoms with van der Waals surface area (Å²) in [4.78, 5) is 34.5. The normalized spacial score (nSPS) is 17.3. The first kappa shape index (κ1) is 20.5. The second-order valence-electron chi connectivity index (χ2n) is 8.48. The first-order valence-corrected chi connectivity index (χ1v) is 11.1. The number of benzene rings is 2. The molecule has 0 radical (unpaired) electrons. The molecular weight excluding hydrogens is 402 g/mol. The Kier molecular flexibility index (Phi) is 5.49. The smallest absolute Gasteiger partial charge is 0.329 e. The van der Waals surface area contributed by atoms with Gasteiger partial charge in [0.15, 0.2) is 0 Å². The lowest BCUT2D eigenvalue weighted by Crippen LogP contribution is -2.47. The van der Waals surface area contributed by atoms with E-state index in [9.17, 15) is 9.59 Å². The van der Waals surface area contributed by atoms with Gasteiger partial charge in [-0.2, -0.15) is 0 Å². The number of hydrogen-bond donors (Lipinski definition) is 1. The summed E-state index contributed by atoms with van der Waals surface area (Å²) in [6.07, 6.45) is 0.911. The Morgan fingerprint density at radius 1 is 0.969 bits per heavy atom. The highest BCUT2D eigenvalue weighted by molar-refractivity contribution is 6.12. The quantitative estimate of drug-likeness (QED) is 0.632. The molecule has 164 valence electrons. The molecular formula is C25H27N5O2. The fourth-order valence-corrected chi connectivity index (χ4v) is 4.55. The molecule has 2 aliphatic heterocycles. The van der Waals surface area contributed by atoms with E-state index >= 15 is 0 Å². The van der Waals surface area contributed by atoms with Crippen LogP contribution in [0.4, 0.5) is 16.2 Å². The number of carbonyl (C=O) groups excluding carboxylic acids is 2. The standard InChI is InChI=1S/C25H27N5O2/c1-18-8-9-21-22(26-18)6-3-7-23(21)29-14-12-28(13-15-29)11-10-19-4-2-5-20(16-19)30-17-24(31)27-25(30)32/h2-9,16H,10-15,17H2,1H3,(H,27,31,32). The number of anilines is 2. The summed E-state index contributed by atoms with van der Waals surface area (Å²) in [7, 11) is 0. The molecule has 2 fully saturated rings. The maximum absolute atomic E-state index is 11.9. The van der Waals surface area contributed by atoms with E-state index in [1.54, 1.807) is 0 Å². The molecule has 0 aliphatic carbocycles. The molecule has 5 rings (SSSR count). The van der Waals surface area contributed by atoms with Gasteiger partial charge in [0, 0.05) is 55.2 Å². The highest BCUT2D eigenvalue weighted by Gasteiger charge is 2.28. The van der Waals surface area contributed by atoms with E-state index < -0.39 is 0 Å². The third-order valence-electron chi connectivity index (χ3n) is 6.29. The summed E-state index contributed by atoms with van der Waals surface area (Å²) < 4.78 is 0. The van der Waals surface area contributed by atoms with E-state index in [-0.39, 0.29) is 18.5 Å². The highest BCUT2D eigenvalue weighted by Crippen LogP contribution is 2.27. The molecule has 1 N–H and O–H groups in total. The van der Waals surface area contributed by atoms with Crippen molar-refractivity contribution in [1.29, 1.82) is 0 Å². The van der Waals surface area contributed by atoms with Gasteiger partial charge in [-0.05, 0) is 55.3 Å². The number of nitrogens with zero attached hydrogens (tertiary/aromatic N) is 4.